The summed E-state index contributed by atoms with van der Waals surface area (Å²) in [6, 6.07) is 20.8. The van der Waals surface area contributed by atoms with Gasteiger partial charge in [0.1, 0.15) is 17.0 Å². The van der Waals surface area contributed by atoms with Gasteiger partial charge in [0.15, 0.2) is 11.6 Å². The molecule has 1 aliphatic carbocycles. The van der Waals surface area contributed by atoms with Crippen LogP contribution in [-0.4, -0.2) is 21.5 Å². The van der Waals surface area contributed by atoms with Crippen LogP contribution in [0.2, 0.25) is 0 Å². The number of carbonyl (C=O) groups excluding carboxylic acids is 2. The molecule has 3 aromatic carbocycles. The van der Waals surface area contributed by atoms with E-state index >= 15 is 0 Å². The van der Waals surface area contributed by atoms with Gasteiger partial charge in [-0.25, -0.2) is 9.97 Å². The molecule has 0 aliphatic heterocycles. The highest BCUT2D eigenvalue weighted by molar-refractivity contribution is 7.17. The molecule has 164 valence electrons. The quantitative estimate of drug-likeness (QED) is 0.327. The molecule has 1 N–H and O–H groups in total. The van der Waals surface area contributed by atoms with Crippen LogP contribution < -0.4 is 5.32 Å². The highest BCUT2D eigenvalue weighted by Crippen LogP contribution is 2.39. The van der Waals surface area contributed by atoms with Gasteiger partial charge in [0.2, 0.25) is 0 Å². The maximum atomic E-state index is 13.4. The normalized spacial score (nSPS) is 12.5. The van der Waals surface area contributed by atoms with Gasteiger partial charge >= 0.3 is 0 Å². The Morgan fingerprint density at radius 1 is 0.794 bits per heavy atom. The number of hydrogen-bond donors (Lipinski definition) is 1. The van der Waals surface area contributed by atoms with E-state index in [4.69, 9.17) is 0 Å². The summed E-state index contributed by atoms with van der Waals surface area (Å²) in [7, 11) is 0. The predicted octanol–water partition coefficient (Wildman–Crippen LogP) is 6.44. The second-order valence-corrected chi connectivity index (χ2v) is 9.02. The Morgan fingerprint density at radius 3 is 2.29 bits per heavy atom. The number of nitrogens with one attached hydrogen (secondary N) is 1. The average Bonchev–Trinajstić information content (AvgIpc) is 3.32. The van der Waals surface area contributed by atoms with Crippen LogP contribution in [0.15, 0.2) is 78.4 Å². The van der Waals surface area contributed by atoms with E-state index in [0.29, 0.717) is 33.8 Å². The summed E-state index contributed by atoms with van der Waals surface area (Å²) in [4.78, 5) is 36.3. The van der Waals surface area contributed by atoms with Crippen molar-refractivity contribution in [2.45, 2.75) is 13.3 Å². The van der Waals surface area contributed by atoms with E-state index in [-0.39, 0.29) is 11.6 Å². The van der Waals surface area contributed by atoms with Crippen LogP contribution in [0.4, 0.5) is 11.5 Å². The Hall–Kier alpha value is -4.16. The van der Waals surface area contributed by atoms with Gasteiger partial charge in [-0.3, -0.25) is 9.59 Å². The van der Waals surface area contributed by atoms with Gasteiger partial charge in [-0.15, -0.1) is 11.3 Å². The van der Waals surface area contributed by atoms with Gasteiger partial charge in [-0.1, -0.05) is 67.6 Å². The fraction of sp³-hybridized carbons (Fsp3) is 0.0714. The summed E-state index contributed by atoms with van der Waals surface area (Å²) < 4.78 is 0. The number of fused-ring (bicyclic) bond motifs is 3. The molecule has 0 radical (unpaired) electrons. The Morgan fingerprint density at radius 2 is 1.53 bits per heavy atom. The SMILES string of the molecule is CCc1ccc(-c2csc3ncnc(Nc4cccc5c4C(=O)c4ccccc4C5=O)c23)cc1. The van der Waals surface area contributed by atoms with Crippen molar-refractivity contribution in [2.24, 2.45) is 0 Å². The summed E-state index contributed by atoms with van der Waals surface area (Å²) in [5.74, 6) is 0.293. The summed E-state index contributed by atoms with van der Waals surface area (Å²) in [5.41, 5.74) is 5.59. The third kappa shape index (κ3) is 3.15. The van der Waals surface area contributed by atoms with Crippen LogP contribution in [0.1, 0.15) is 44.3 Å². The smallest absolute Gasteiger partial charge is 0.196 e. The molecule has 0 bridgehead atoms. The molecular formula is C28H19N3O2S. The fourth-order valence-electron chi connectivity index (χ4n) is 4.48. The summed E-state index contributed by atoms with van der Waals surface area (Å²) >= 11 is 1.55. The van der Waals surface area contributed by atoms with E-state index < -0.39 is 0 Å². The molecule has 0 saturated carbocycles. The molecule has 6 rings (SSSR count). The molecule has 2 aromatic heterocycles. The van der Waals surface area contributed by atoms with Gasteiger partial charge in [-0.2, -0.15) is 0 Å². The lowest BCUT2D eigenvalue weighted by Crippen LogP contribution is -2.22. The maximum Gasteiger partial charge on any atom is 0.196 e. The van der Waals surface area contributed by atoms with Crippen molar-refractivity contribution in [3.63, 3.8) is 0 Å². The Kier molecular flexibility index (Phi) is 4.81. The maximum absolute atomic E-state index is 13.4. The minimum Gasteiger partial charge on any atom is -0.339 e. The van der Waals surface area contributed by atoms with Crippen molar-refractivity contribution < 1.29 is 9.59 Å². The minimum atomic E-state index is -0.167. The highest BCUT2D eigenvalue weighted by atomic mass is 32.1. The van der Waals surface area contributed by atoms with E-state index in [1.54, 1.807) is 47.7 Å². The molecule has 0 saturated heterocycles. The third-order valence-corrected chi connectivity index (χ3v) is 7.14. The summed E-state index contributed by atoms with van der Waals surface area (Å²) in [6.45, 7) is 2.13. The lowest BCUT2D eigenvalue weighted by molar-refractivity contribution is 0.0979. The molecule has 5 aromatic rings. The van der Waals surface area contributed by atoms with Crippen molar-refractivity contribution in [3.8, 4) is 11.1 Å². The molecule has 34 heavy (non-hydrogen) atoms. The number of ketones is 2. The first-order valence-corrected chi connectivity index (χ1v) is 11.9. The number of anilines is 2. The number of thiophene rings is 1. The Labute approximate surface area is 200 Å². The predicted molar refractivity (Wildman–Crippen MR) is 135 cm³/mol. The summed E-state index contributed by atoms with van der Waals surface area (Å²) in [6.07, 6.45) is 2.50. The standard InChI is InChI=1S/C28H19N3O2S/c1-2-16-10-12-17(13-11-16)21-14-34-28-24(21)27(29-15-30-28)31-22-9-5-8-20-23(22)26(33)19-7-4-3-6-18(19)25(20)32/h3-15H,2H2,1H3,(H,29,30,31). The molecule has 0 atom stereocenters. The zero-order chi connectivity index (χ0) is 23.2. The second-order valence-electron chi connectivity index (χ2n) is 8.16. The minimum absolute atomic E-state index is 0.145. The van der Waals surface area contributed by atoms with E-state index in [2.05, 4.69) is 51.9 Å². The van der Waals surface area contributed by atoms with Crippen LogP contribution in [0.25, 0.3) is 21.3 Å². The van der Waals surface area contributed by atoms with Crippen molar-refractivity contribution in [2.75, 3.05) is 5.32 Å². The Bertz CT molecular complexity index is 1600. The van der Waals surface area contributed by atoms with Crippen LogP contribution in [0.3, 0.4) is 0 Å². The van der Waals surface area contributed by atoms with Crippen LogP contribution >= 0.6 is 11.3 Å². The number of rotatable bonds is 4. The average molecular weight is 462 g/mol. The molecular weight excluding hydrogens is 442 g/mol. The molecule has 2 heterocycles. The molecule has 0 unspecified atom stereocenters. The fourth-order valence-corrected chi connectivity index (χ4v) is 5.40. The summed E-state index contributed by atoms with van der Waals surface area (Å²) in [5, 5.41) is 6.33. The first kappa shape index (κ1) is 20.4. The topological polar surface area (TPSA) is 72.0 Å². The number of carbonyl (C=O) groups is 2. The van der Waals surface area contributed by atoms with Crippen molar-refractivity contribution in [1.82, 2.24) is 9.97 Å². The van der Waals surface area contributed by atoms with E-state index in [1.807, 2.05) is 6.07 Å². The van der Waals surface area contributed by atoms with Crippen molar-refractivity contribution in [1.29, 1.82) is 0 Å². The number of benzene rings is 3. The molecule has 0 spiro atoms. The van der Waals surface area contributed by atoms with E-state index in [1.165, 1.54) is 11.9 Å². The zero-order valence-corrected chi connectivity index (χ0v) is 19.1. The van der Waals surface area contributed by atoms with Crippen molar-refractivity contribution in [3.05, 3.63) is 106 Å². The molecule has 5 nitrogen and oxygen atoms in total. The molecule has 0 amide bonds. The van der Waals surface area contributed by atoms with Gasteiger partial charge < -0.3 is 5.32 Å². The van der Waals surface area contributed by atoms with E-state index in [9.17, 15) is 9.59 Å². The second kappa shape index (κ2) is 8.01. The zero-order valence-electron chi connectivity index (χ0n) is 18.3. The molecule has 0 fully saturated rings. The number of nitrogens with zero attached hydrogens (tertiary/aromatic N) is 2. The molecule has 1 aliphatic rings. The van der Waals surface area contributed by atoms with Gasteiger partial charge in [0.05, 0.1) is 16.6 Å². The number of aromatic nitrogens is 2. The third-order valence-electron chi connectivity index (χ3n) is 6.25. The largest absolute Gasteiger partial charge is 0.339 e. The van der Waals surface area contributed by atoms with Gasteiger partial charge in [0, 0.05) is 27.6 Å². The van der Waals surface area contributed by atoms with Gasteiger partial charge in [-0.05, 0) is 23.6 Å². The van der Waals surface area contributed by atoms with Crippen LogP contribution in [-0.2, 0) is 6.42 Å². The van der Waals surface area contributed by atoms with Gasteiger partial charge in [0.25, 0.3) is 0 Å². The van der Waals surface area contributed by atoms with E-state index in [0.717, 1.165) is 27.8 Å². The lowest BCUT2D eigenvalue weighted by Gasteiger charge is -2.20. The highest BCUT2D eigenvalue weighted by Gasteiger charge is 2.31. The first-order valence-electron chi connectivity index (χ1n) is 11.1. The van der Waals surface area contributed by atoms with Crippen LogP contribution in [0, 0.1) is 0 Å². The number of hydrogen-bond acceptors (Lipinski definition) is 6. The van der Waals surface area contributed by atoms with Crippen molar-refractivity contribution >= 4 is 44.6 Å². The monoisotopic (exact) mass is 461 g/mol. The Balaban J connectivity index is 1.48. The lowest BCUT2D eigenvalue weighted by atomic mass is 9.83. The molecule has 6 heteroatoms. The van der Waals surface area contributed by atoms with Crippen LogP contribution in [0.5, 0.6) is 0 Å². The number of aryl methyl sites for hydroxylation is 1. The first-order chi connectivity index (χ1) is 16.7.